The minimum absolute atomic E-state index is 0.0514. The summed E-state index contributed by atoms with van der Waals surface area (Å²) in [6.07, 6.45) is 36.5. The van der Waals surface area contributed by atoms with E-state index in [-0.39, 0.29) is 19.1 Å². The van der Waals surface area contributed by atoms with Gasteiger partial charge in [0.15, 0.2) is 0 Å². The first-order valence-corrected chi connectivity index (χ1v) is 20.9. The quantitative estimate of drug-likeness (QED) is 0.0203. The Morgan fingerprint density at radius 3 is 1.71 bits per heavy atom. The van der Waals surface area contributed by atoms with Crippen molar-refractivity contribution in [1.29, 1.82) is 0 Å². The minimum atomic E-state index is -4.34. The van der Waals surface area contributed by atoms with Gasteiger partial charge in [0.05, 0.1) is 39.9 Å². The molecule has 0 rings (SSSR count). The molecule has 3 atom stereocenters. The Bertz CT molecular complexity index is 886. The zero-order valence-electron chi connectivity index (χ0n) is 31.7. The SMILES string of the molecule is CCCCCCCC/C=C/CCCCCCCC(=O)N[C@@H](COP(=O)(O)OCC[N+](C)(C)C)[C@H](O)/C=C/C=C/CCCCCCCCC. The maximum atomic E-state index is 12.8. The van der Waals surface area contributed by atoms with Gasteiger partial charge in [-0.2, -0.15) is 0 Å². The third kappa shape index (κ3) is 33.2. The number of hydrogen-bond donors (Lipinski definition) is 3. The number of hydrogen-bond acceptors (Lipinski definition) is 5. The second kappa shape index (κ2) is 31.7. The van der Waals surface area contributed by atoms with E-state index in [1.54, 1.807) is 12.2 Å². The number of nitrogens with one attached hydrogen (secondary N) is 1. The fourth-order valence-electron chi connectivity index (χ4n) is 5.21. The van der Waals surface area contributed by atoms with Crippen molar-refractivity contribution in [3.05, 3.63) is 36.5 Å². The van der Waals surface area contributed by atoms with Gasteiger partial charge >= 0.3 is 7.82 Å². The second-order valence-corrected chi connectivity index (χ2v) is 15.8. The molecule has 48 heavy (non-hydrogen) atoms. The van der Waals surface area contributed by atoms with Crippen molar-refractivity contribution in [3.63, 3.8) is 0 Å². The third-order valence-electron chi connectivity index (χ3n) is 8.39. The largest absolute Gasteiger partial charge is 0.472 e. The van der Waals surface area contributed by atoms with E-state index in [1.165, 1.54) is 89.9 Å². The summed E-state index contributed by atoms with van der Waals surface area (Å²) in [5.41, 5.74) is 0. The Hall–Kier alpha value is -1.28. The van der Waals surface area contributed by atoms with Crippen LogP contribution in [-0.2, 0) is 18.4 Å². The zero-order valence-corrected chi connectivity index (χ0v) is 32.6. The highest BCUT2D eigenvalue weighted by molar-refractivity contribution is 7.47. The lowest BCUT2D eigenvalue weighted by Gasteiger charge is -2.25. The number of aliphatic hydroxyl groups is 1. The molecule has 1 amide bonds. The van der Waals surface area contributed by atoms with Crippen LogP contribution < -0.4 is 5.32 Å². The van der Waals surface area contributed by atoms with Crippen LogP contribution in [0.1, 0.15) is 155 Å². The summed E-state index contributed by atoms with van der Waals surface area (Å²) >= 11 is 0. The van der Waals surface area contributed by atoms with Gasteiger partial charge in [-0.1, -0.05) is 140 Å². The molecule has 0 aliphatic heterocycles. The Morgan fingerprint density at radius 2 is 1.19 bits per heavy atom. The first kappa shape index (κ1) is 46.7. The maximum absolute atomic E-state index is 12.8. The first-order valence-electron chi connectivity index (χ1n) is 19.4. The molecule has 282 valence electrons. The summed E-state index contributed by atoms with van der Waals surface area (Å²) in [5, 5.41) is 13.7. The topological polar surface area (TPSA) is 105 Å². The molecule has 3 N–H and O–H groups in total. The number of amides is 1. The summed E-state index contributed by atoms with van der Waals surface area (Å²) in [5.74, 6) is -0.207. The second-order valence-electron chi connectivity index (χ2n) is 14.3. The van der Waals surface area contributed by atoms with E-state index in [2.05, 4.69) is 37.4 Å². The van der Waals surface area contributed by atoms with Crippen LogP contribution in [0.3, 0.4) is 0 Å². The highest BCUT2D eigenvalue weighted by Crippen LogP contribution is 2.43. The van der Waals surface area contributed by atoms with E-state index in [0.29, 0.717) is 17.4 Å². The predicted octanol–water partition coefficient (Wildman–Crippen LogP) is 9.96. The number of rotatable bonds is 34. The molecule has 0 fully saturated rings. The van der Waals surface area contributed by atoms with Crippen molar-refractivity contribution in [2.45, 2.75) is 167 Å². The van der Waals surface area contributed by atoms with E-state index in [4.69, 9.17) is 9.05 Å². The molecule has 0 aromatic carbocycles. The van der Waals surface area contributed by atoms with Crippen LogP contribution in [0.25, 0.3) is 0 Å². The molecule has 0 heterocycles. The Labute approximate surface area is 296 Å². The van der Waals surface area contributed by atoms with Gasteiger partial charge in [-0.3, -0.25) is 13.8 Å². The summed E-state index contributed by atoms with van der Waals surface area (Å²) in [6, 6.07) is -0.879. The van der Waals surface area contributed by atoms with Gasteiger partial charge in [0.25, 0.3) is 0 Å². The van der Waals surface area contributed by atoms with E-state index in [0.717, 1.165) is 44.9 Å². The highest BCUT2D eigenvalue weighted by Gasteiger charge is 2.27. The van der Waals surface area contributed by atoms with Crippen LogP contribution in [0.2, 0.25) is 0 Å². The summed E-state index contributed by atoms with van der Waals surface area (Å²) in [7, 11) is 1.53. The molecule has 9 heteroatoms. The van der Waals surface area contributed by atoms with Gasteiger partial charge in [-0.25, -0.2) is 4.57 Å². The summed E-state index contributed by atoms with van der Waals surface area (Å²) < 4.78 is 23.4. The summed E-state index contributed by atoms with van der Waals surface area (Å²) in [4.78, 5) is 23.0. The Kier molecular flexibility index (Phi) is 30.8. The van der Waals surface area contributed by atoms with Crippen LogP contribution >= 0.6 is 7.82 Å². The Balaban J connectivity index is 4.58. The monoisotopic (exact) mass is 700 g/mol. The van der Waals surface area contributed by atoms with E-state index in [1.807, 2.05) is 27.2 Å². The fraction of sp³-hybridized carbons (Fsp3) is 0.821. The van der Waals surface area contributed by atoms with Gasteiger partial charge in [0.2, 0.25) is 5.91 Å². The van der Waals surface area contributed by atoms with Crippen molar-refractivity contribution < 1.29 is 32.9 Å². The third-order valence-corrected chi connectivity index (χ3v) is 9.37. The number of quaternary nitrogens is 1. The van der Waals surface area contributed by atoms with Gasteiger partial charge in [-0.05, 0) is 44.9 Å². The van der Waals surface area contributed by atoms with Crippen molar-refractivity contribution >= 4 is 13.7 Å². The number of likely N-dealkylation sites (N-methyl/N-ethyl adjacent to an activating group) is 1. The number of unbranched alkanes of at least 4 members (excludes halogenated alkanes) is 18. The normalized spacial score (nSPS) is 15.1. The molecule has 0 spiro atoms. The highest BCUT2D eigenvalue weighted by atomic mass is 31.2. The fourth-order valence-corrected chi connectivity index (χ4v) is 5.94. The Morgan fingerprint density at radius 1 is 0.708 bits per heavy atom. The molecule has 0 radical (unpaired) electrons. The van der Waals surface area contributed by atoms with Crippen LogP contribution in [0.4, 0.5) is 0 Å². The molecule has 0 saturated carbocycles. The number of aliphatic hydroxyl groups excluding tert-OH is 1. The molecule has 0 aliphatic rings. The number of phosphoric acid groups is 1. The standard InChI is InChI=1S/C39H75N2O6P/c1-6-8-10-12-14-16-18-19-20-21-23-25-27-29-31-33-39(43)40-37(36-47-48(44,45)46-35-34-41(3,4)5)38(42)32-30-28-26-24-22-17-15-13-11-9-7-2/h19-20,26,28,30,32,37-38,42H,6-18,21-25,27,29,31,33-36H2,1-5H3,(H-,40,43,44,45)/p+1/b20-19+,28-26+,32-30+/t37-,38+/m0/s1. The van der Waals surface area contributed by atoms with Crippen molar-refractivity contribution in [1.82, 2.24) is 5.32 Å². The molecule has 0 saturated heterocycles. The van der Waals surface area contributed by atoms with Crippen molar-refractivity contribution in [2.75, 3.05) is 40.9 Å². The van der Waals surface area contributed by atoms with E-state index >= 15 is 0 Å². The van der Waals surface area contributed by atoms with Gasteiger partial charge in [0, 0.05) is 6.42 Å². The van der Waals surface area contributed by atoms with Crippen LogP contribution in [0.5, 0.6) is 0 Å². The molecule has 0 aromatic heterocycles. The average molecular weight is 700 g/mol. The molecular formula is C39H76N2O6P+. The zero-order chi connectivity index (χ0) is 35.8. The molecular weight excluding hydrogens is 623 g/mol. The molecule has 1 unspecified atom stereocenters. The molecule has 8 nitrogen and oxygen atoms in total. The number of carbonyl (C=O) groups excluding carboxylic acids is 1. The lowest BCUT2D eigenvalue weighted by Crippen LogP contribution is -2.45. The number of carbonyl (C=O) groups is 1. The molecule has 0 aliphatic carbocycles. The predicted molar refractivity (Wildman–Crippen MR) is 203 cm³/mol. The molecule has 0 aromatic rings. The van der Waals surface area contributed by atoms with Gasteiger partial charge in [-0.15, -0.1) is 0 Å². The van der Waals surface area contributed by atoms with E-state index in [9.17, 15) is 19.4 Å². The van der Waals surface area contributed by atoms with Crippen LogP contribution in [0.15, 0.2) is 36.5 Å². The average Bonchev–Trinajstić information content (AvgIpc) is 3.02. The number of allylic oxidation sites excluding steroid dienone is 5. The number of nitrogens with zero attached hydrogens (tertiary/aromatic N) is 1. The van der Waals surface area contributed by atoms with Crippen molar-refractivity contribution in [2.24, 2.45) is 0 Å². The van der Waals surface area contributed by atoms with E-state index < -0.39 is 20.0 Å². The first-order chi connectivity index (χ1) is 23.0. The summed E-state index contributed by atoms with van der Waals surface area (Å²) in [6.45, 7) is 4.72. The number of phosphoric ester groups is 1. The minimum Gasteiger partial charge on any atom is -0.387 e. The lowest BCUT2D eigenvalue weighted by molar-refractivity contribution is -0.870. The lowest BCUT2D eigenvalue weighted by atomic mass is 10.1. The van der Waals surface area contributed by atoms with Crippen LogP contribution in [-0.4, -0.2) is 73.4 Å². The van der Waals surface area contributed by atoms with Crippen LogP contribution in [0, 0.1) is 0 Å². The van der Waals surface area contributed by atoms with Gasteiger partial charge < -0.3 is 19.8 Å². The van der Waals surface area contributed by atoms with Gasteiger partial charge in [0.1, 0.15) is 13.2 Å². The van der Waals surface area contributed by atoms with Crippen molar-refractivity contribution in [3.8, 4) is 0 Å². The maximum Gasteiger partial charge on any atom is 0.472 e. The molecule has 0 bridgehead atoms. The smallest absolute Gasteiger partial charge is 0.387 e.